The van der Waals surface area contributed by atoms with E-state index in [4.69, 9.17) is 4.74 Å². The fraction of sp³-hybridized carbons (Fsp3) is 0.833. The third-order valence-electron chi connectivity index (χ3n) is 2.23. The van der Waals surface area contributed by atoms with Crippen LogP contribution in [0.25, 0.3) is 0 Å². The molecule has 0 spiro atoms. The van der Waals surface area contributed by atoms with Gasteiger partial charge in [0.05, 0.1) is 6.61 Å². The largest absolute Gasteiger partial charge is 0.495 e. The summed E-state index contributed by atoms with van der Waals surface area (Å²) in [6, 6.07) is 0. The molecule has 0 aromatic carbocycles. The van der Waals surface area contributed by atoms with E-state index in [2.05, 4.69) is 13.5 Å². The Kier molecular flexibility index (Phi) is 8.70. The van der Waals surface area contributed by atoms with E-state index >= 15 is 0 Å². The number of rotatable bonds is 9. The Morgan fingerprint density at radius 2 is 1.79 bits per heavy atom. The van der Waals surface area contributed by atoms with Crippen molar-refractivity contribution in [2.24, 2.45) is 0 Å². The van der Waals surface area contributed by atoms with Crippen LogP contribution in [0.3, 0.4) is 0 Å². The van der Waals surface area contributed by atoms with Crippen molar-refractivity contribution in [3.63, 3.8) is 0 Å². The number of hydrogen-bond donors (Lipinski definition) is 0. The first kappa shape index (κ1) is 13.5. The Hall–Kier alpha value is -0.530. The van der Waals surface area contributed by atoms with E-state index in [0.717, 1.165) is 6.42 Å². The van der Waals surface area contributed by atoms with Gasteiger partial charge in [-0.1, -0.05) is 45.6 Å². The minimum Gasteiger partial charge on any atom is -0.495 e. The van der Waals surface area contributed by atoms with Crippen molar-refractivity contribution >= 4 is 0 Å². The van der Waals surface area contributed by atoms with Crippen LogP contribution in [0.2, 0.25) is 0 Å². The van der Waals surface area contributed by atoms with Gasteiger partial charge in [0.1, 0.15) is 5.76 Å². The first-order valence-electron chi connectivity index (χ1n) is 5.64. The lowest BCUT2D eigenvalue weighted by Crippen LogP contribution is -2.03. The van der Waals surface area contributed by atoms with Crippen LogP contribution in [0.15, 0.2) is 12.3 Å². The third kappa shape index (κ3) is 8.09. The lowest BCUT2D eigenvalue weighted by Gasteiger charge is -2.09. The van der Waals surface area contributed by atoms with E-state index < -0.39 is 6.17 Å². The Balaban J connectivity index is 3.10. The molecule has 84 valence electrons. The molecule has 0 aliphatic rings. The molecule has 2 heteroatoms. The molecule has 0 aromatic rings. The van der Waals surface area contributed by atoms with E-state index in [1.54, 1.807) is 0 Å². The van der Waals surface area contributed by atoms with Gasteiger partial charge in [0.15, 0.2) is 6.17 Å². The molecule has 0 fully saturated rings. The quantitative estimate of drug-likeness (QED) is 0.401. The Bertz CT molecular complexity index is 143. The summed E-state index contributed by atoms with van der Waals surface area (Å²) in [6.45, 7) is 7.77. The molecule has 0 N–H and O–H groups in total. The van der Waals surface area contributed by atoms with Gasteiger partial charge in [-0.15, -0.1) is 0 Å². The topological polar surface area (TPSA) is 9.23 Å². The van der Waals surface area contributed by atoms with Crippen LogP contribution < -0.4 is 0 Å². The zero-order valence-corrected chi connectivity index (χ0v) is 9.52. The molecule has 14 heavy (non-hydrogen) atoms. The number of unbranched alkanes of at least 4 members (excludes halogenated alkanes) is 5. The van der Waals surface area contributed by atoms with Crippen molar-refractivity contribution in [3.8, 4) is 0 Å². The zero-order valence-electron chi connectivity index (χ0n) is 9.52. The highest BCUT2D eigenvalue weighted by Gasteiger charge is 2.03. The van der Waals surface area contributed by atoms with Gasteiger partial charge in [-0.25, -0.2) is 4.39 Å². The molecule has 0 aromatic heterocycles. The average molecular weight is 202 g/mol. The van der Waals surface area contributed by atoms with Gasteiger partial charge in [-0.05, 0) is 13.3 Å². The molecule has 0 radical (unpaired) electrons. The molecule has 1 nitrogen and oxygen atoms in total. The number of allylic oxidation sites excluding steroid dienone is 1. The molecule has 0 aliphatic heterocycles. The van der Waals surface area contributed by atoms with E-state index in [0.29, 0.717) is 6.61 Å². The van der Waals surface area contributed by atoms with Crippen LogP contribution in [0.1, 0.15) is 52.4 Å². The maximum Gasteiger partial charge on any atom is 0.153 e. The molecule has 0 bridgehead atoms. The van der Waals surface area contributed by atoms with Crippen LogP contribution in [0, 0.1) is 0 Å². The lowest BCUT2D eigenvalue weighted by molar-refractivity contribution is 0.158. The maximum absolute atomic E-state index is 12.5. The summed E-state index contributed by atoms with van der Waals surface area (Å²) in [5, 5.41) is 0. The highest BCUT2D eigenvalue weighted by Crippen LogP contribution is 2.08. The van der Waals surface area contributed by atoms with Crippen molar-refractivity contribution in [2.45, 2.75) is 58.5 Å². The summed E-state index contributed by atoms with van der Waals surface area (Å²) in [6.07, 6.45) is 6.28. The maximum atomic E-state index is 12.5. The van der Waals surface area contributed by atoms with Gasteiger partial charge in [0.2, 0.25) is 0 Å². The predicted molar refractivity (Wildman–Crippen MR) is 59.0 cm³/mol. The number of halogens is 1. The van der Waals surface area contributed by atoms with Gasteiger partial charge in [-0.2, -0.15) is 0 Å². The van der Waals surface area contributed by atoms with Crippen LogP contribution >= 0.6 is 0 Å². The molecule has 0 amide bonds. The molecule has 1 unspecified atom stereocenters. The molecular formula is C12H23FO. The summed E-state index contributed by atoms with van der Waals surface area (Å²) >= 11 is 0. The van der Waals surface area contributed by atoms with E-state index in [1.165, 1.54) is 39.0 Å². The van der Waals surface area contributed by atoms with Crippen LogP contribution in [0.5, 0.6) is 0 Å². The van der Waals surface area contributed by atoms with E-state index in [-0.39, 0.29) is 5.76 Å². The van der Waals surface area contributed by atoms with Crippen molar-refractivity contribution in [3.05, 3.63) is 12.3 Å². The molecule has 0 saturated heterocycles. The number of alkyl halides is 1. The van der Waals surface area contributed by atoms with Crippen LogP contribution in [-0.4, -0.2) is 12.8 Å². The van der Waals surface area contributed by atoms with E-state index in [9.17, 15) is 4.39 Å². The van der Waals surface area contributed by atoms with Crippen molar-refractivity contribution in [1.29, 1.82) is 0 Å². The summed E-state index contributed by atoms with van der Waals surface area (Å²) in [5.41, 5.74) is 0. The second kappa shape index (κ2) is 9.04. The highest BCUT2D eigenvalue weighted by atomic mass is 19.1. The van der Waals surface area contributed by atoms with Crippen molar-refractivity contribution < 1.29 is 9.13 Å². The summed E-state index contributed by atoms with van der Waals surface area (Å²) < 4.78 is 17.7. The standard InChI is InChI=1S/C12H23FO/c1-4-5-6-7-8-9-10-14-12(3)11(2)13/h11H,3-10H2,1-2H3. The summed E-state index contributed by atoms with van der Waals surface area (Å²) in [4.78, 5) is 0. The Labute approximate surface area is 87.3 Å². The minimum atomic E-state index is -1.05. The number of hydrogen-bond acceptors (Lipinski definition) is 1. The van der Waals surface area contributed by atoms with Gasteiger partial charge < -0.3 is 4.74 Å². The summed E-state index contributed by atoms with van der Waals surface area (Å²) in [7, 11) is 0. The molecule has 0 rings (SSSR count). The molecular weight excluding hydrogens is 179 g/mol. The second-order valence-electron chi connectivity index (χ2n) is 3.70. The molecule has 0 saturated carbocycles. The Morgan fingerprint density at radius 3 is 2.36 bits per heavy atom. The minimum absolute atomic E-state index is 0.263. The van der Waals surface area contributed by atoms with Crippen molar-refractivity contribution in [1.82, 2.24) is 0 Å². The van der Waals surface area contributed by atoms with E-state index in [1.807, 2.05) is 0 Å². The van der Waals surface area contributed by atoms with Gasteiger partial charge in [-0.3, -0.25) is 0 Å². The van der Waals surface area contributed by atoms with Gasteiger partial charge in [0.25, 0.3) is 0 Å². The second-order valence-corrected chi connectivity index (χ2v) is 3.70. The number of ether oxygens (including phenoxy) is 1. The summed E-state index contributed by atoms with van der Waals surface area (Å²) in [5.74, 6) is 0.263. The van der Waals surface area contributed by atoms with Crippen LogP contribution in [-0.2, 0) is 4.74 Å². The SMILES string of the molecule is C=C(OCCCCCCCC)C(C)F. The first-order valence-corrected chi connectivity index (χ1v) is 5.64. The highest BCUT2D eigenvalue weighted by molar-refractivity contribution is 4.88. The fourth-order valence-corrected chi connectivity index (χ4v) is 1.20. The normalized spacial score (nSPS) is 12.5. The lowest BCUT2D eigenvalue weighted by atomic mass is 10.1. The Morgan fingerprint density at radius 1 is 1.21 bits per heavy atom. The smallest absolute Gasteiger partial charge is 0.153 e. The fourth-order valence-electron chi connectivity index (χ4n) is 1.20. The average Bonchev–Trinajstić information content (AvgIpc) is 2.16. The zero-order chi connectivity index (χ0) is 10.8. The van der Waals surface area contributed by atoms with Crippen LogP contribution in [0.4, 0.5) is 4.39 Å². The molecule has 0 aliphatic carbocycles. The van der Waals surface area contributed by atoms with Gasteiger partial charge >= 0.3 is 0 Å². The molecule has 0 heterocycles. The molecule has 1 atom stereocenters. The van der Waals surface area contributed by atoms with Gasteiger partial charge in [0, 0.05) is 0 Å². The monoisotopic (exact) mass is 202 g/mol. The van der Waals surface area contributed by atoms with Crippen molar-refractivity contribution in [2.75, 3.05) is 6.61 Å². The first-order chi connectivity index (χ1) is 6.68. The third-order valence-corrected chi connectivity index (χ3v) is 2.23. The predicted octanol–water partition coefficient (Wildman–Crippen LogP) is 4.24.